The molecule has 0 aromatic rings. The van der Waals surface area contributed by atoms with E-state index in [9.17, 15) is 0 Å². The third kappa shape index (κ3) is 7.94. The Balaban J connectivity index is 5.88. The van der Waals surface area contributed by atoms with E-state index in [1.54, 1.807) is 0 Å². The van der Waals surface area contributed by atoms with Crippen LogP contribution in [0.3, 0.4) is 0 Å². The van der Waals surface area contributed by atoms with Gasteiger partial charge in [-0.15, -0.1) is 0 Å². The topological polar surface area (TPSA) is 21.8 Å². The van der Waals surface area contributed by atoms with E-state index in [4.69, 9.17) is 0 Å². The smallest absolute Gasteiger partial charge is 0.0763 e. The Labute approximate surface area is 159 Å². The number of rotatable bonds is 13. The second kappa shape index (κ2) is 12.3. The van der Waals surface area contributed by atoms with Gasteiger partial charge in [-0.2, -0.15) is 0 Å². The van der Waals surface area contributed by atoms with Gasteiger partial charge in [-0.25, -0.2) is 10.0 Å². The van der Waals surface area contributed by atoms with Crippen LogP contribution in [0.4, 0.5) is 0 Å². The number of hydrogen-bond acceptors (Lipinski definition) is 4. The van der Waals surface area contributed by atoms with Crippen LogP contribution in [0, 0.1) is 0 Å². The fraction of sp³-hybridized carbons (Fsp3) is 1.00. The standard InChI is InChI=1S/C21H48N4/c1-12-14-20(22-16(3)4)24(18(7)8)25(19(9)10)21(15-13-2)23(11)17(5)6/h16-22H,12-15H2,1-11H3. The molecule has 0 aliphatic heterocycles. The lowest BCUT2D eigenvalue weighted by molar-refractivity contribution is -0.182. The van der Waals surface area contributed by atoms with E-state index < -0.39 is 0 Å². The molecule has 0 aromatic carbocycles. The van der Waals surface area contributed by atoms with E-state index in [-0.39, 0.29) is 0 Å². The van der Waals surface area contributed by atoms with Gasteiger partial charge in [0.05, 0.1) is 12.3 Å². The van der Waals surface area contributed by atoms with Crippen molar-refractivity contribution in [3.8, 4) is 0 Å². The summed E-state index contributed by atoms with van der Waals surface area (Å²) in [5.41, 5.74) is 0. The molecule has 0 spiro atoms. The average molecular weight is 357 g/mol. The molecule has 0 bridgehead atoms. The van der Waals surface area contributed by atoms with Gasteiger partial charge < -0.3 is 0 Å². The van der Waals surface area contributed by atoms with Gasteiger partial charge >= 0.3 is 0 Å². The lowest BCUT2D eigenvalue weighted by Crippen LogP contribution is -2.66. The van der Waals surface area contributed by atoms with Gasteiger partial charge in [0, 0.05) is 24.2 Å². The Bertz CT molecular complexity index is 328. The molecular weight excluding hydrogens is 308 g/mol. The maximum atomic E-state index is 3.83. The predicted octanol–water partition coefficient (Wildman–Crippen LogP) is 4.91. The maximum absolute atomic E-state index is 3.83. The molecule has 0 amide bonds. The van der Waals surface area contributed by atoms with Crippen LogP contribution in [0.1, 0.15) is 94.9 Å². The molecular formula is C21H48N4. The Morgan fingerprint density at radius 1 is 0.680 bits per heavy atom. The summed E-state index contributed by atoms with van der Waals surface area (Å²) in [7, 11) is 2.28. The van der Waals surface area contributed by atoms with E-state index in [0.717, 1.165) is 0 Å². The van der Waals surface area contributed by atoms with Gasteiger partial charge in [-0.3, -0.25) is 10.2 Å². The first-order valence-electron chi connectivity index (χ1n) is 10.6. The van der Waals surface area contributed by atoms with E-state index in [1.165, 1.54) is 25.7 Å². The van der Waals surface area contributed by atoms with Crippen molar-refractivity contribution in [1.82, 2.24) is 20.2 Å². The second-order valence-corrected chi connectivity index (χ2v) is 8.60. The summed E-state index contributed by atoms with van der Waals surface area (Å²) in [6.45, 7) is 23.0. The van der Waals surface area contributed by atoms with Gasteiger partial charge in [-0.1, -0.05) is 26.7 Å². The number of hydrazine groups is 1. The minimum atomic E-state index is 0.382. The van der Waals surface area contributed by atoms with Crippen molar-refractivity contribution >= 4 is 0 Å². The fourth-order valence-electron chi connectivity index (χ4n) is 3.63. The predicted molar refractivity (Wildman–Crippen MR) is 113 cm³/mol. The molecule has 0 saturated heterocycles. The lowest BCUT2D eigenvalue weighted by Gasteiger charge is -2.52. The van der Waals surface area contributed by atoms with Gasteiger partial charge in [0.15, 0.2) is 0 Å². The van der Waals surface area contributed by atoms with E-state index >= 15 is 0 Å². The molecule has 0 fully saturated rings. The molecule has 0 aliphatic rings. The first kappa shape index (κ1) is 24.8. The highest BCUT2D eigenvalue weighted by Gasteiger charge is 2.35. The zero-order valence-electron chi connectivity index (χ0n) is 19.1. The van der Waals surface area contributed by atoms with E-state index in [0.29, 0.717) is 36.5 Å². The molecule has 2 atom stereocenters. The van der Waals surface area contributed by atoms with Crippen molar-refractivity contribution in [2.24, 2.45) is 0 Å². The summed E-state index contributed by atoms with van der Waals surface area (Å²) in [5.74, 6) is 0. The van der Waals surface area contributed by atoms with E-state index in [2.05, 4.69) is 96.5 Å². The molecule has 0 heterocycles. The molecule has 4 nitrogen and oxygen atoms in total. The van der Waals surface area contributed by atoms with Gasteiger partial charge in [0.1, 0.15) is 0 Å². The molecule has 0 rings (SSSR count). The molecule has 0 radical (unpaired) electrons. The first-order chi connectivity index (χ1) is 11.6. The van der Waals surface area contributed by atoms with Crippen molar-refractivity contribution in [1.29, 1.82) is 0 Å². The van der Waals surface area contributed by atoms with Crippen LogP contribution in [0.5, 0.6) is 0 Å². The SMILES string of the molecule is CCCC(NC(C)C)N(C(C)C)N(C(C)C)C(CCC)N(C)C(C)C. The van der Waals surface area contributed by atoms with Crippen LogP contribution in [0.15, 0.2) is 0 Å². The highest BCUT2D eigenvalue weighted by Crippen LogP contribution is 2.24. The van der Waals surface area contributed by atoms with Crippen molar-refractivity contribution < 1.29 is 0 Å². The van der Waals surface area contributed by atoms with Crippen LogP contribution in [0.25, 0.3) is 0 Å². The first-order valence-corrected chi connectivity index (χ1v) is 10.6. The molecule has 0 aromatic heterocycles. The minimum Gasteiger partial charge on any atom is -0.298 e. The van der Waals surface area contributed by atoms with Crippen molar-refractivity contribution in [2.75, 3.05) is 7.05 Å². The summed E-state index contributed by atoms with van der Waals surface area (Å²) in [5, 5.41) is 9.12. The van der Waals surface area contributed by atoms with Crippen LogP contribution in [-0.2, 0) is 0 Å². The summed E-state index contributed by atoms with van der Waals surface area (Å²) in [6, 6.07) is 1.95. The summed E-state index contributed by atoms with van der Waals surface area (Å²) >= 11 is 0. The Kier molecular flexibility index (Phi) is 12.2. The molecule has 1 N–H and O–H groups in total. The van der Waals surface area contributed by atoms with Crippen molar-refractivity contribution in [3.63, 3.8) is 0 Å². The summed E-state index contributed by atoms with van der Waals surface area (Å²) in [6.07, 6.45) is 5.57. The Hall–Kier alpha value is -0.160. The third-order valence-electron chi connectivity index (χ3n) is 4.87. The number of hydrogen-bond donors (Lipinski definition) is 1. The molecule has 0 aliphatic carbocycles. The highest BCUT2D eigenvalue weighted by molar-refractivity contribution is 4.81. The van der Waals surface area contributed by atoms with Gasteiger partial charge in [0.2, 0.25) is 0 Å². The largest absolute Gasteiger partial charge is 0.298 e. The Morgan fingerprint density at radius 2 is 1.16 bits per heavy atom. The van der Waals surface area contributed by atoms with Crippen molar-refractivity contribution in [3.05, 3.63) is 0 Å². The average Bonchev–Trinajstić information content (AvgIpc) is 2.48. The zero-order chi connectivity index (χ0) is 19.7. The van der Waals surface area contributed by atoms with Crippen LogP contribution in [-0.4, -0.2) is 58.5 Å². The molecule has 25 heavy (non-hydrogen) atoms. The second-order valence-electron chi connectivity index (χ2n) is 8.60. The lowest BCUT2D eigenvalue weighted by atomic mass is 10.1. The summed E-state index contributed by atoms with van der Waals surface area (Å²) < 4.78 is 0. The molecule has 0 saturated carbocycles. The molecule has 4 heteroatoms. The van der Waals surface area contributed by atoms with Crippen LogP contribution >= 0.6 is 0 Å². The fourth-order valence-corrected chi connectivity index (χ4v) is 3.63. The quantitative estimate of drug-likeness (QED) is 0.374. The maximum Gasteiger partial charge on any atom is 0.0763 e. The third-order valence-corrected chi connectivity index (χ3v) is 4.87. The summed E-state index contributed by atoms with van der Waals surface area (Å²) in [4.78, 5) is 2.54. The van der Waals surface area contributed by atoms with Crippen molar-refractivity contribution in [2.45, 2.75) is 131 Å². The highest BCUT2D eigenvalue weighted by atomic mass is 15.7. The zero-order valence-corrected chi connectivity index (χ0v) is 19.1. The monoisotopic (exact) mass is 356 g/mol. The number of nitrogens with one attached hydrogen (secondary N) is 1. The molecule has 2 unspecified atom stereocenters. The van der Waals surface area contributed by atoms with Crippen LogP contribution in [0.2, 0.25) is 0 Å². The van der Waals surface area contributed by atoms with Crippen LogP contribution < -0.4 is 5.32 Å². The number of nitrogens with zero attached hydrogens (tertiary/aromatic N) is 3. The van der Waals surface area contributed by atoms with Gasteiger partial charge in [0.25, 0.3) is 0 Å². The van der Waals surface area contributed by atoms with Gasteiger partial charge in [-0.05, 0) is 75.3 Å². The normalized spacial score (nSPS) is 15.6. The Morgan fingerprint density at radius 3 is 1.48 bits per heavy atom. The van der Waals surface area contributed by atoms with E-state index in [1.807, 2.05) is 0 Å². The minimum absolute atomic E-state index is 0.382. The molecule has 152 valence electrons.